The van der Waals surface area contributed by atoms with Crippen molar-refractivity contribution in [1.29, 1.82) is 0 Å². The molecule has 0 bridgehead atoms. The molecular weight excluding hydrogens is 359 g/mol. The van der Waals surface area contributed by atoms with Crippen molar-refractivity contribution in [3.63, 3.8) is 0 Å². The topological polar surface area (TPSA) is 0 Å². The zero-order chi connectivity index (χ0) is 16.2. The molecule has 0 saturated heterocycles. The third kappa shape index (κ3) is 7.75. The first-order chi connectivity index (χ1) is 9.99. The van der Waals surface area contributed by atoms with Crippen LogP contribution < -0.4 is 0 Å². The van der Waals surface area contributed by atoms with Gasteiger partial charge >= 0.3 is 141 Å². The molecule has 0 aliphatic rings. The summed E-state index contributed by atoms with van der Waals surface area (Å²) in [5, 5.41) is 0. The van der Waals surface area contributed by atoms with Gasteiger partial charge in [-0.15, -0.1) is 0 Å². The summed E-state index contributed by atoms with van der Waals surface area (Å²) >= 11 is -2.02. The van der Waals surface area contributed by atoms with Gasteiger partial charge in [0, 0.05) is 0 Å². The molecule has 0 atom stereocenters. The predicted molar refractivity (Wildman–Crippen MR) is 103 cm³/mol. The molecule has 0 fully saturated rings. The molecule has 0 amide bonds. The summed E-state index contributed by atoms with van der Waals surface area (Å²) in [6.45, 7) is 14.8. The summed E-state index contributed by atoms with van der Waals surface area (Å²) in [5.41, 5.74) is 0. The summed E-state index contributed by atoms with van der Waals surface area (Å²) in [5.74, 6) is 0. The summed E-state index contributed by atoms with van der Waals surface area (Å²) < 4.78 is 5.74. The quantitative estimate of drug-likeness (QED) is 0.203. The predicted octanol–water partition coefficient (Wildman–Crippen LogP) is 8.20. The molecule has 21 heavy (non-hydrogen) atoms. The van der Waals surface area contributed by atoms with E-state index in [1.54, 1.807) is 13.3 Å². The van der Waals surface area contributed by atoms with Crippen LogP contribution in [0.25, 0.3) is 0 Å². The first-order valence-electron chi connectivity index (χ1n) is 9.99. The van der Waals surface area contributed by atoms with E-state index in [1.165, 1.54) is 64.2 Å². The van der Waals surface area contributed by atoms with Gasteiger partial charge in [-0.3, -0.25) is 0 Å². The first kappa shape index (κ1) is 21.8. The van der Waals surface area contributed by atoms with Crippen molar-refractivity contribution in [1.82, 2.24) is 0 Å². The van der Waals surface area contributed by atoms with E-state index < -0.39 is 18.4 Å². The maximum atomic E-state index is 2.65. The van der Waals surface area contributed by atoms with E-state index in [2.05, 4.69) is 41.5 Å². The maximum absolute atomic E-state index is 2.65. The molecule has 1 heteroatoms. The van der Waals surface area contributed by atoms with Crippen LogP contribution in [0, 0.1) is 0 Å². The van der Waals surface area contributed by atoms with Crippen LogP contribution in [0.5, 0.6) is 0 Å². The molecule has 0 aliphatic carbocycles. The van der Waals surface area contributed by atoms with Crippen molar-refractivity contribution in [3.8, 4) is 0 Å². The van der Waals surface area contributed by atoms with Crippen LogP contribution in [0.2, 0.25) is 16.7 Å². The van der Waals surface area contributed by atoms with Crippen LogP contribution in [0.3, 0.4) is 0 Å². The Morgan fingerprint density at radius 3 is 1.14 bits per heavy atom. The molecule has 0 aromatic heterocycles. The Morgan fingerprint density at radius 1 is 0.571 bits per heavy atom. The SMILES string of the molecule is CCCC[CH2][Sn]([CH2]CCCC)([CH2]CCCC)[C](C)(C)CC. The minimum atomic E-state index is -2.02. The van der Waals surface area contributed by atoms with E-state index in [9.17, 15) is 0 Å². The summed E-state index contributed by atoms with van der Waals surface area (Å²) in [6, 6.07) is 0. The van der Waals surface area contributed by atoms with Gasteiger partial charge in [-0.25, -0.2) is 0 Å². The molecule has 128 valence electrons. The first-order valence-corrected chi connectivity index (χ1v) is 17.5. The minimum absolute atomic E-state index is 0.712. The molecule has 0 rings (SSSR count). The van der Waals surface area contributed by atoms with Crippen molar-refractivity contribution < 1.29 is 0 Å². The van der Waals surface area contributed by atoms with E-state index in [4.69, 9.17) is 0 Å². The van der Waals surface area contributed by atoms with Crippen molar-refractivity contribution >= 4 is 18.4 Å². The Hall–Kier alpha value is 0.799. The fourth-order valence-corrected chi connectivity index (χ4v) is 21.9. The fraction of sp³-hybridized carbons (Fsp3) is 1.00. The molecule has 0 aliphatic heterocycles. The monoisotopic (exact) mass is 404 g/mol. The Bertz CT molecular complexity index is 205. The van der Waals surface area contributed by atoms with E-state index in [-0.39, 0.29) is 0 Å². The number of hydrogen-bond donors (Lipinski definition) is 0. The molecule has 0 aromatic rings. The van der Waals surface area contributed by atoms with Crippen LogP contribution in [-0.2, 0) is 0 Å². The summed E-state index contributed by atoms with van der Waals surface area (Å²) in [6.07, 6.45) is 14.6. The second-order valence-corrected chi connectivity index (χ2v) is 23.3. The van der Waals surface area contributed by atoms with Gasteiger partial charge in [0.15, 0.2) is 0 Å². The van der Waals surface area contributed by atoms with Gasteiger partial charge in [0.1, 0.15) is 0 Å². The van der Waals surface area contributed by atoms with Gasteiger partial charge in [0.2, 0.25) is 0 Å². The molecule has 0 saturated carbocycles. The van der Waals surface area contributed by atoms with Gasteiger partial charge in [-0.05, 0) is 0 Å². The second-order valence-electron chi connectivity index (χ2n) is 7.89. The molecule has 0 radical (unpaired) electrons. The van der Waals surface area contributed by atoms with E-state index in [1.807, 2.05) is 0 Å². The molecule has 0 spiro atoms. The summed E-state index contributed by atoms with van der Waals surface area (Å²) in [7, 11) is 0. The van der Waals surface area contributed by atoms with Crippen molar-refractivity contribution in [2.24, 2.45) is 0 Å². The Kier molecular flexibility index (Phi) is 12.7. The Labute approximate surface area is 140 Å². The Balaban J connectivity index is 4.96. The van der Waals surface area contributed by atoms with Gasteiger partial charge in [0.25, 0.3) is 0 Å². The van der Waals surface area contributed by atoms with Crippen molar-refractivity contribution in [2.45, 2.75) is 122 Å². The van der Waals surface area contributed by atoms with E-state index >= 15 is 0 Å². The molecule has 0 N–H and O–H groups in total. The van der Waals surface area contributed by atoms with Crippen LogP contribution in [0.1, 0.15) is 106 Å². The second kappa shape index (κ2) is 12.2. The summed E-state index contributed by atoms with van der Waals surface area (Å²) in [4.78, 5) is 0. The average molecular weight is 403 g/mol. The zero-order valence-electron chi connectivity index (χ0n) is 16.2. The zero-order valence-corrected chi connectivity index (χ0v) is 19.0. The number of hydrogen-bond acceptors (Lipinski definition) is 0. The van der Waals surface area contributed by atoms with Gasteiger partial charge < -0.3 is 0 Å². The normalized spacial score (nSPS) is 12.9. The van der Waals surface area contributed by atoms with Crippen LogP contribution >= 0.6 is 0 Å². The molecule has 0 heterocycles. The van der Waals surface area contributed by atoms with Crippen LogP contribution in [0.4, 0.5) is 0 Å². The third-order valence-electron chi connectivity index (χ3n) is 6.10. The van der Waals surface area contributed by atoms with Crippen molar-refractivity contribution in [3.05, 3.63) is 0 Å². The van der Waals surface area contributed by atoms with Crippen molar-refractivity contribution in [2.75, 3.05) is 0 Å². The van der Waals surface area contributed by atoms with Gasteiger partial charge in [-0.2, -0.15) is 0 Å². The average Bonchev–Trinajstić information content (AvgIpc) is 2.47. The third-order valence-corrected chi connectivity index (χ3v) is 26.5. The number of rotatable bonds is 14. The standard InChI is InChI=1S/4C5H11.Sn/c1-4-5(2)3;3*1-3-5-4-2;/h4H2,1-3H3;3*1,3-5H2,2H3;. The fourth-order valence-electron chi connectivity index (χ4n) is 3.91. The molecular formula is C20H44Sn. The van der Waals surface area contributed by atoms with Crippen LogP contribution in [-0.4, -0.2) is 18.4 Å². The van der Waals surface area contributed by atoms with E-state index in [0.717, 1.165) is 0 Å². The Morgan fingerprint density at radius 2 is 0.905 bits per heavy atom. The van der Waals surface area contributed by atoms with Gasteiger partial charge in [0.05, 0.1) is 0 Å². The van der Waals surface area contributed by atoms with E-state index in [0.29, 0.717) is 3.43 Å². The molecule has 0 unspecified atom stereocenters. The van der Waals surface area contributed by atoms with Crippen LogP contribution in [0.15, 0.2) is 0 Å². The molecule has 0 nitrogen and oxygen atoms in total. The number of unbranched alkanes of at least 4 members (excludes halogenated alkanes) is 6. The van der Waals surface area contributed by atoms with Gasteiger partial charge in [-0.1, -0.05) is 0 Å². The molecule has 0 aromatic carbocycles.